The molecule has 0 bridgehead atoms. The summed E-state index contributed by atoms with van der Waals surface area (Å²) < 4.78 is 18.9. The minimum absolute atomic E-state index is 0.292. The molecule has 1 atom stereocenters. The van der Waals surface area contributed by atoms with Crippen LogP contribution in [0.3, 0.4) is 0 Å². The number of piperidine rings is 1. The first kappa shape index (κ1) is 11.2. The van der Waals surface area contributed by atoms with E-state index in [9.17, 15) is 4.39 Å². The van der Waals surface area contributed by atoms with Crippen molar-refractivity contribution >= 4 is 5.69 Å². The third-order valence-electron chi connectivity index (χ3n) is 2.89. The van der Waals surface area contributed by atoms with E-state index >= 15 is 0 Å². The molecule has 0 aliphatic carbocycles. The maximum absolute atomic E-state index is 13.1. The number of hydrogen-bond donors (Lipinski definition) is 2. The summed E-state index contributed by atoms with van der Waals surface area (Å²) in [6, 6.07) is 4.21. The fourth-order valence-corrected chi connectivity index (χ4v) is 1.98. The Morgan fingerprint density at radius 3 is 3.00 bits per heavy atom. The van der Waals surface area contributed by atoms with Crippen molar-refractivity contribution in [2.24, 2.45) is 0 Å². The molecule has 88 valence electrons. The van der Waals surface area contributed by atoms with E-state index in [4.69, 9.17) is 10.5 Å². The zero-order valence-electron chi connectivity index (χ0n) is 9.42. The molecular formula is C12H17FN2O. The fraction of sp³-hybridized carbons (Fsp3) is 0.500. The monoisotopic (exact) mass is 224 g/mol. The van der Waals surface area contributed by atoms with E-state index in [2.05, 4.69) is 5.32 Å². The van der Waals surface area contributed by atoms with Gasteiger partial charge in [-0.15, -0.1) is 0 Å². The number of benzene rings is 1. The predicted octanol–water partition coefficient (Wildman–Crippen LogP) is 1.93. The second kappa shape index (κ2) is 4.29. The lowest BCUT2D eigenvalue weighted by molar-refractivity contribution is 0.0619. The summed E-state index contributed by atoms with van der Waals surface area (Å²) in [6.45, 7) is 3.80. The number of ether oxygens (including phenoxy) is 1. The molecule has 2 rings (SSSR count). The van der Waals surface area contributed by atoms with Gasteiger partial charge in [-0.3, -0.25) is 0 Å². The van der Waals surface area contributed by atoms with Crippen molar-refractivity contribution in [2.45, 2.75) is 25.4 Å². The molecule has 1 unspecified atom stereocenters. The van der Waals surface area contributed by atoms with Gasteiger partial charge in [-0.2, -0.15) is 0 Å². The smallest absolute Gasteiger partial charge is 0.146 e. The minimum atomic E-state index is -0.323. The number of nitrogen functional groups attached to an aromatic ring is 1. The molecule has 0 spiro atoms. The van der Waals surface area contributed by atoms with Crippen molar-refractivity contribution in [1.82, 2.24) is 5.32 Å². The number of rotatable bonds is 2. The van der Waals surface area contributed by atoms with Gasteiger partial charge in [0.1, 0.15) is 17.2 Å². The van der Waals surface area contributed by atoms with Crippen molar-refractivity contribution in [3.8, 4) is 5.75 Å². The van der Waals surface area contributed by atoms with E-state index in [0.717, 1.165) is 25.9 Å². The van der Waals surface area contributed by atoms with Gasteiger partial charge < -0.3 is 15.8 Å². The molecule has 16 heavy (non-hydrogen) atoms. The van der Waals surface area contributed by atoms with E-state index in [1.54, 1.807) is 0 Å². The third kappa shape index (κ3) is 2.44. The average Bonchev–Trinajstić information content (AvgIpc) is 2.24. The van der Waals surface area contributed by atoms with Crippen LogP contribution in [-0.2, 0) is 0 Å². The highest BCUT2D eigenvalue weighted by Crippen LogP contribution is 2.29. The molecule has 3 nitrogen and oxygen atoms in total. The van der Waals surface area contributed by atoms with Crippen LogP contribution in [-0.4, -0.2) is 18.7 Å². The van der Waals surface area contributed by atoms with Crippen molar-refractivity contribution in [1.29, 1.82) is 0 Å². The summed E-state index contributed by atoms with van der Waals surface area (Å²) in [7, 11) is 0. The largest absolute Gasteiger partial charge is 0.484 e. The molecule has 1 aromatic rings. The molecule has 4 heteroatoms. The van der Waals surface area contributed by atoms with Gasteiger partial charge in [-0.1, -0.05) is 0 Å². The fourth-order valence-electron chi connectivity index (χ4n) is 1.98. The number of nitrogens with one attached hydrogen (secondary N) is 1. The zero-order chi connectivity index (χ0) is 11.6. The van der Waals surface area contributed by atoms with Gasteiger partial charge in [0, 0.05) is 12.6 Å². The molecule has 0 amide bonds. The molecule has 1 aromatic carbocycles. The highest BCUT2D eigenvalue weighted by Gasteiger charge is 2.29. The third-order valence-corrected chi connectivity index (χ3v) is 2.89. The lowest BCUT2D eigenvalue weighted by Crippen LogP contribution is -2.47. The van der Waals surface area contributed by atoms with Gasteiger partial charge in [0.15, 0.2) is 0 Å². The van der Waals surface area contributed by atoms with E-state index in [1.165, 1.54) is 18.2 Å². The Hall–Kier alpha value is -1.29. The maximum atomic E-state index is 13.1. The van der Waals surface area contributed by atoms with Crippen LogP contribution in [0.25, 0.3) is 0 Å². The van der Waals surface area contributed by atoms with Crippen LogP contribution in [0.5, 0.6) is 5.75 Å². The van der Waals surface area contributed by atoms with E-state index in [0.29, 0.717) is 11.4 Å². The molecule has 3 N–H and O–H groups in total. The van der Waals surface area contributed by atoms with Gasteiger partial charge in [0.05, 0.1) is 5.69 Å². The predicted molar refractivity (Wildman–Crippen MR) is 61.9 cm³/mol. The molecule has 1 aliphatic rings. The van der Waals surface area contributed by atoms with E-state index < -0.39 is 0 Å². The summed E-state index contributed by atoms with van der Waals surface area (Å²) >= 11 is 0. The van der Waals surface area contributed by atoms with Crippen LogP contribution < -0.4 is 15.8 Å². The summed E-state index contributed by atoms with van der Waals surface area (Å²) in [5.74, 6) is 0.114. The number of hydrogen-bond acceptors (Lipinski definition) is 3. The Balaban J connectivity index is 2.15. The number of nitrogens with two attached hydrogens (primary N) is 1. The lowest BCUT2D eigenvalue weighted by Gasteiger charge is -2.35. The normalized spacial score (nSPS) is 25.4. The first-order chi connectivity index (χ1) is 7.59. The second-order valence-corrected chi connectivity index (χ2v) is 4.51. The van der Waals surface area contributed by atoms with Crippen LogP contribution in [0.2, 0.25) is 0 Å². The van der Waals surface area contributed by atoms with Crippen molar-refractivity contribution in [2.75, 3.05) is 18.8 Å². The topological polar surface area (TPSA) is 47.3 Å². The second-order valence-electron chi connectivity index (χ2n) is 4.51. The van der Waals surface area contributed by atoms with Gasteiger partial charge >= 0.3 is 0 Å². The van der Waals surface area contributed by atoms with Crippen molar-refractivity contribution < 1.29 is 9.13 Å². The summed E-state index contributed by atoms with van der Waals surface area (Å²) in [4.78, 5) is 0. The van der Waals surface area contributed by atoms with Crippen molar-refractivity contribution in [3.05, 3.63) is 24.0 Å². The lowest BCUT2D eigenvalue weighted by atomic mass is 9.96. The molecule has 0 aromatic heterocycles. The van der Waals surface area contributed by atoms with Crippen LogP contribution in [0, 0.1) is 5.82 Å². The Labute approximate surface area is 94.8 Å². The zero-order valence-corrected chi connectivity index (χ0v) is 9.42. The maximum Gasteiger partial charge on any atom is 0.146 e. The Kier molecular flexibility index (Phi) is 3.01. The summed E-state index contributed by atoms with van der Waals surface area (Å²) in [6.07, 6.45) is 2.02. The van der Waals surface area contributed by atoms with Gasteiger partial charge in [0.2, 0.25) is 0 Å². The van der Waals surface area contributed by atoms with E-state index in [-0.39, 0.29) is 11.4 Å². The van der Waals surface area contributed by atoms with Gasteiger partial charge in [-0.25, -0.2) is 4.39 Å². The first-order valence-electron chi connectivity index (χ1n) is 5.54. The van der Waals surface area contributed by atoms with Crippen molar-refractivity contribution in [3.63, 3.8) is 0 Å². The highest BCUT2D eigenvalue weighted by atomic mass is 19.1. The number of halogens is 1. The standard InChI is InChI=1S/C12H17FN2O/c1-12(5-2-6-15-8-12)16-11-7-9(13)3-4-10(11)14/h3-4,7,15H,2,5-6,8,14H2,1H3. The quantitative estimate of drug-likeness (QED) is 0.755. The summed E-state index contributed by atoms with van der Waals surface area (Å²) in [5.41, 5.74) is 5.94. The SMILES string of the molecule is CC1(Oc2cc(F)ccc2N)CCCNC1. The van der Waals surface area contributed by atoms with Crippen LogP contribution >= 0.6 is 0 Å². The molecule has 1 aliphatic heterocycles. The first-order valence-corrected chi connectivity index (χ1v) is 5.54. The average molecular weight is 224 g/mol. The number of anilines is 1. The van der Waals surface area contributed by atoms with Crippen LogP contribution in [0.4, 0.5) is 10.1 Å². The van der Waals surface area contributed by atoms with Gasteiger partial charge in [-0.05, 0) is 38.4 Å². The Morgan fingerprint density at radius 2 is 2.31 bits per heavy atom. The molecular weight excluding hydrogens is 207 g/mol. The molecule has 1 saturated heterocycles. The summed E-state index contributed by atoms with van der Waals surface area (Å²) in [5, 5.41) is 3.27. The van der Waals surface area contributed by atoms with E-state index in [1.807, 2.05) is 6.92 Å². The molecule has 0 radical (unpaired) electrons. The molecule has 1 fully saturated rings. The Bertz CT molecular complexity index is 375. The van der Waals surface area contributed by atoms with Crippen LogP contribution in [0.1, 0.15) is 19.8 Å². The Morgan fingerprint density at radius 1 is 1.50 bits per heavy atom. The van der Waals surface area contributed by atoms with Gasteiger partial charge in [0.25, 0.3) is 0 Å². The molecule has 0 saturated carbocycles. The highest BCUT2D eigenvalue weighted by molar-refractivity contribution is 5.52. The van der Waals surface area contributed by atoms with Crippen LogP contribution in [0.15, 0.2) is 18.2 Å². The minimum Gasteiger partial charge on any atom is -0.484 e. The molecule has 1 heterocycles.